The van der Waals surface area contributed by atoms with Gasteiger partial charge in [0.2, 0.25) is 0 Å². The minimum atomic E-state index is 0.470. The van der Waals surface area contributed by atoms with Gasteiger partial charge in [0.15, 0.2) is 0 Å². The maximum atomic E-state index is 4.45. The summed E-state index contributed by atoms with van der Waals surface area (Å²) in [7, 11) is 0. The molecule has 102 valence electrons. The zero-order valence-electron chi connectivity index (χ0n) is 11.7. The SMILES string of the molecule is CCCC1CCC(NC(CC)c2nccs2)CC1. The van der Waals surface area contributed by atoms with E-state index in [2.05, 4.69) is 29.5 Å². The molecule has 0 aromatic carbocycles. The van der Waals surface area contributed by atoms with Gasteiger partial charge < -0.3 is 5.32 Å². The number of rotatable bonds is 6. The third kappa shape index (κ3) is 3.79. The highest BCUT2D eigenvalue weighted by Crippen LogP contribution is 2.30. The molecule has 1 aromatic rings. The van der Waals surface area contributed by atoms with Crippen molar-refractivity contribution in [2.24, 2.45) is 5.92 Å². The first-order chi connectivity index (χ1) is 8.83. The van der Waals surface area contributed by atoms with Crippen molar-refractivity contribution in [3.63, 3.8) is 0 Å². The van der Waals surface area contributed by atoms with E-state index in [1.165, 1.54) is 43.5 Å². The Morgan fingerprint density at radius 1 is 1.33 bits per heavy atom. The largest absolute Gasteiger partial charge is 0.305 e. The van der Waals surface area contributed by atoms with Gasteiger partial charge in [0, 0.05) is 17.6 Å². The highest BCUT2D eigenvalue weighted by Gasteiger charge is 2.23. The first-order valence-electron chi connectivity index (χ1n) is 7.48. The van der Waals surface area contributed by atoms with Crippen molar-refractivity contribution >= 4 is 11.3 Å². The summed E-state index contributed by atoms with van der Waals surface area (Å²) >= 11 is 1.78. The Kier molecular flexibility index (Phi) is 5.64. The Labute approximate surface area is 115 Å². The minimum absolute atomic E-state index is 0.470. The molecule has 0 bridgehead atoms. The van der Waals surface area contributed by atoms with Crippen LogP contribution in [0.5, 0.6) is 0 Å². The molecule has 1 aromatic heterocycles. The minimum Gasteiger partial charge on any atom is -0.305 e. The molecular formula is C15H26N2S. The second-order valence-electron chi connectivity index (χ2n) is 5.50. The second-order valence-corrected chi connectivity index (χ2v) is 6.43. The summed E-state index contributed by atoms with van der Waals surface area (Å²) < 4.78 is 0. The Morgan fingerprint density at radius 3 is 2.67 bits per heavy atom. The molecule has 18 heavy (non-hydrogen) atoms. The highest BCUT2D eigenvalue weighted by molar-refractivity contribution is 7.09. The Bertz CT molecular complexity index is 315. The van der Waals surface area contributed by atoms with Crippen molar-refractivity contribution in [1.82, 2.24) is 10.3 Å². The summed E-state index contributed by atoms with van der Waals surface area (Å²) in [6.45, 7) is 4.56. The number of aromatic nitrogens is 1. The van der Waals surface area contributed by atoms with Gasteiger partial charge in [-0.25, -0.2) is 4.98 Å². The Morgan fingerprint density at radius 2 is 2.11 bits per heavy atom. The Balaban J connectivity index is 1.80. The average molecular weight is 266 g/mol. The summed E-state index contributed by atoms with van der Waals surface area (Å²) in [5.41, 5.74) is 0. The molecular weight excluding hydrogens is 240 g/mol. The molecule has 1 heterocycles. The zero-order chi connectivity index (χ0) is 12.8. The number of hydrogen-bond donors (Lipinski definition) is 1. The normalized spacial score (nSPS) is 26.1. The molecule has 2 rings (SSSR count). The number of thiazole rings is 1. The van der Waals surface area contributed by atoms with Crippen LogP contribution in [-0.4, -0.2) is 11.0 Å². The molecule has 0 radical (unpaired) electrons. The van der Waals surface area contributed by atoms with Crippen molar-refractivity contribution in [3.8, 4) is 0 Å². The summed E-state index contributed by atoms with van der Waals surface area (Å²) in [5.74, 6) is 0.994. The van der Waals surface area contributed by atoms with Crippen LogP contribution in [0.3, 0.4) is 0 Å². The van der Waals surface area contributed by atoms with Crippen LogP contribution in [0.15, 0.2) is 11.6 Å². The van der Waals surface area contributed by atoms with E-state index < -0.39 is 0 Å². The van der Waals surface area contributed by atoms with Gasteiger partial charge in [-0.1, -0.05) is 26.7 Å². The van der Waals surface area contributed by atoms with Crippen LogP contribution in [0.2, 0.25) is 0 Å². The highest BCUT2D eigenvalue weighted by atomic mass is 32.1. The molecule has 1 atom stereocenters. The maximum absolute atomic E-state index is 4.45. The van der Waals surface area contributed by atoms with E-state index in [-0.39, 0.29) is 0 Å². The predicted molar refractivity (Wildman–Crippen MR) is 78.9 cm³/mol. The molecule has 0 amide bonds. The van der Waals surface area contributed by atoms with Crippen LogP contribution in [0.4, 0.5) is 0 Å². The maximum Gasteiger partial charge on any atom is 0.109 e. The van der Waals surface area contributed by atoms with Crippen LogP contribution < -0.4 is 5.32 Å². The smallest absolute Gasteiger partial charge is 0.109 e. The number of hydrogen-bond acceptors (Lipinski definition) is 3. The predicted octanol–water partition coefficient (Wildman–Crippen LogP) is 4.54. The first-order valence-corrected chi connectivity index (χ1v) is 8.36. The van der Waals surface area contributed by atoms with Gasteiger partial charge in [0.1, 0.15) is 5.01 Å². The average Bonchev–Trinajstić information content (AvgIpc) is 2.92. The van der Waals surface area contributed by atoms with Crippen LogP contribution in [0, 0.1) is 5.92 Å². The third-order valence-corrected chi connectivity index (χ3v) is 5.03. The fourth-order valence-corrected chi connectivity index (χ4v) is 3.86. The summed E-state index contributed by atoms with van der Waals surface area (Å²) in [5, 5.41) is 7.16. The molecule has 1 aliphatic rings. The van der Waals surface area contributed by atoms with Crippen LogP contribution in [-0.2, 0) is 0 Å². The van der Waals surface area contributed by atoms with Crippen molar-refractivity contribution in [2.75, 3.05) is 0 Å². The van der Waals surface area contributed by atoms with Gasteiger partial charge >= 0.3 is 0 Å². The second kappa shape index (κ2) is 7.25. The lowest BCUT2D eigenvalue weighted by Crippen LogP contribution is -2.35. The molecule has 1 unspecified atom stereocenters. The van der Waals surface area contributed by atoms with E-state index in [0.717, 1.165) is 12.3 Å². The lowest BCUT2D eigenvalue weighted by Gasteiger charge is -2.31. The molecule has 1 fully saturated rings. The molecule has 0 spiro atoms. The topological polar surface area (TPSA) is 24.9 Å². The molecule has 2 nitrogen and oxygen atoms in total. The molecule has 1 N–H and O–H groups in total. The number of nitrogens with zero attached hydrogens (tertiary/aromatic N) is 1. The van der Waals surface area contributed by atoms with Gasteiger partial charge in [-0.3, -0.25) is 0 Å². The van der Waals surface area contributed by atoms with Crippen molar-refractivity contribution < 1.29 is 0 Å². The van der Waals surface area contributed by atoms with Gasteiger partial charge in [-0.15, -0.1) is 11.3 Å². The van der Waals surface area contributed by atoms with E-state index in [9.17, 15) is 0 Å². The molecule has 3 heteroatoms. The quantitative estimate of drug-likeness (QED) is 0.817. The number of nitrogens with one attached hydrogen (secondary N) is 1. The summed E-state index contributed by atoms with van der Waals surface area (Å²) in [6, 6.07) is 1.18. The van der Waals surface area contributed by atoms with Crippen molar-refractivity contribution in [1.29, 1.82) is 0 Å². The summed E-state index contributed by atoms with van der Waals surface area (Å²) in [4.78, 5) is 4.45. The van der Waals surface area contributed by atoms with E-state index in [0.29, 0.717) is 12.1 Å². The van der Waals surface area contributed by atoms with Crippen LogP contribution >= 0.6 is 11.3 Å². The lowest BCUT2D eigenvalue weighted by atomic mass is 9.83. The fourth-order valence-electron chi connectivity index (χ4n) is 3.08. The van der Waals surface area contributed by atoms with E-state index in [1.54, 1.807) is 11.3 Å². The van der Waals surface area contributed by atoms with Crippen LogP contribution in [0.1, 0.15) is 69.8 Å². The van der Waals surface area contributed by atoms with Gasteiger partial charge in [0.05, 0.1) is 6.04 Å². The third-order valence-electron chi connectivity index (χ3n) is 4.14. The van der Waals surface area contributed by atoms with Crippen molar-refractivity contribution in [3.05, 3.63) is 16.6 Å². The molecule has 1 aliphatic carbocycles. The summed E-state index contributed by atoms with van der Waals surface area (Å²) in [6.07, 6.45) is 11.4. The van der Waals surface area contributed by atoms with E-state index in [4.69, 9.17) is 0 Å². The standard InChI is InChI=1S/C15H26N2S/c1-3-5-12-6-8-13(9-7-12)17-14(4-2)15-16-10-11-18-15/h10-14,17H,3-9H2,1-2H3. The molecule has 0 aliphatic heterocycles. The first kappa shape index (κ1) is 14.0. The van der Waals surface area contributed by atoms with E-state index in [1.807, 2.05) is 6.20 Å². The Hall–Kier alpha value is -0.410. The lowest BCUT2D eigenvalue weighted by molar-refractivity contribution is 0.261. The van der Waals surface area contributed by atoms with Gasteiger partial charge in [0.25, 0.3) is 0 Å². The molecule has 1 saturated carbocycles. The van der Waals surface area contributed by atoms with Gasteiger partial charge in [-0.05, 0) is 38.0 Å². The fraction of sp³-hybridized carbons (Fsp3) is 0.800. The zero-order valence-corrected chi connectivity index (χ0v) is 12.5. The van der Waals surface area contributed by atoms with E-state index >= 15 is 0 Å². The van der Waals surface area contributed by atoms with Crippen LogP contribution in [0.25, 0.3) is 0 Å². The molecule has 0 saturated heterocycles. The van der Waals surface area contributed by atoms with Crippen molar-refractivity contribution in [2.45, 2.75) is 70.9 Å². The van der Waals surface area contributed by atoms with Gasteiger partial charge in [-0.2, -0.15) is 0 Å². The monoisotopic (exact) mass is 266 g/mol.